The second-order valence-electron chi connectivity index (χ2n) is 3.62. The van der Waals surface area contributed by atoms with Crippen LogP contribution in [0.5, 0.6) is 0 Å². The molecule has 0 heterocycles. The molecule has 0 aromatic carbocycles. The summed E-state index contributed by atoms with van der Waals surface area (Å²) in [5.74, 6) is 2.51. The van der Waals surface area contributed by atoms with E-state index in [2.05, 4.69) is 12.2 Å². The van der Waals surface area contributed by atoms with Crippen molar-refractivity contribution in [3.8, 4) is 0 Å². The molecule has 1 fully saturated rings. The van der Waals surface area contributed by atoms with Crippen LogP contribution in [0, 0.1) is 17.8 Å². The van der Waals surface area contributed by atoms with E-state index in [4.69, 9.17) is 5.73 Å². The molecule has 2 N–H and O–H groups in total. The van der Waals surface area contributed by atoms with Gasteiger partial charge in [-0.3, -0.25) is 0 Å². The second-order valence-corrected chi connectivity index (χ2v) is 3.62. The van der Waals surface area contributed by atoms with Crippen molar-refractivity contribution in [2.24, 2.45) is 23.5 Å². The summed E-state index contributed by atoms with van der Waals surface area (Å²) in [5.41, 5.74) is 5.66. The van der Waals surface area contributed by atoms with Crippen molar-refractivity contribution < 1.29 is 0 Å². The molecule has 3 atom stereocenters. The van der Waals surface area contributed by atoms with Crippen LogP contribution in [0.3, 0.4) is 0 Å². The number of allylic oxidation sites excluding steroid dienone is 2. The summed E-state index contributed by atoms with van der Waals surface area (Å²) in [4.78, 5) is 0. The number of fused-ring (bicyclic) bond motifs is 2. The highest BCUT2D eigenvalue weighted by molar-refractivity contribution is 5.06. The SMILES string of the molecule is NC[C@H]1C[C@H]2C=C[C@H]1CC2. The van der Waals surface area contributed by atoms with Gasteiger partial charge < -0.3 is 5.73 Å². The minimum absolute atomic E-state index is 0.809. The maximum atomic E-state index is 5.66. The van der Waals surface area contributed by atoms with Crippen LogP contribution in [0.4, 0.5) is 0 Å². The molecule has 1 heteroatoms. The third kappa shape index (κ3) is 0.891. The Morgan fingerprint density at radius 3 is 2.50 bits per heavy atom. The fraction of sp³-hybridized carbons (Fsp3) is 0.778. The van der Waals surface area contributed by atoms with E-state index >= 15 is 0 Å². The Morgan fingerprint density at radius 1 is 1.30 bits per heavy atom. The van der Waals surface area contributed by atoms with Gasteiger partial charge in [0.15, 0.2) is 0 Å². The molecular weight excluding hydrogens is 122 g/mol. The van der Waals surface area contributed by atoms with E-state index in [1.54, 1.807) is 0 Å². The molecule has 0 aliphatic heterocycles. The first-order chi connectivity index (χ1) is 4.90. The van der Waals surface area contributed by atoms with Gasteiger partial charge >= 0.3 is 0 Å². The topological polar surface area (TPSA) is 26.0 Å². The molecule has 0 aromatic rings. The Morgan fingerprint density at radius 2 is 2.20 bits per heavy atom. The molecule has 0 radical (unpaired) electrons. The first-order valence-electron chi connectivity index (χ1n) is 4.28. The van der Waals surface area contributed by atoms with E-state index in [0.717, 1.165) is 24.3 Å². The molecule has 3 aliphatic rings. The largest absolute Gasteiger partial charge is 0.330 e. The smallest absolute Gasteiger partial charge is 0.00430 e. The molecule has 10 heavy (non-hydrogen) atoms. The second kappa shape index (κ2) is 2.39. The Labute approximate surface area is 62.3 Å². The minimum atomic E-state index is 0.809. The van der Waals surface area contributed by atoms with Gasteiger partial charge in [-0.25, -0.2) is 0 Å². The van der Waals surface area contributed by atoms with Crippen molar-refractivity contribution >= 4 is 0 Å². The normalized spacial score (nSPS) is 44.3. The third-order valence-electron chi connectivity index (χ3n) is 3.02. The molecule has 1 saturated carbocycles. The lowest BCUT2D eigenvalue weighted by atomic mass is 9.69. The molecule has 0 amide bonds. The van der Waals surface area contributed by atoms with E-state index in [1.807, 2.05) is 0 Å². The third-order valence-corrected chi connectivity index (χ3v) is 3.02. The van der Waals surface area contributed by atoms with Crippen LogP contribution in [-0.2, 0) is 0 Å². The van der Waals surface area contributed by atoms with E-state index in [1.165, 1.54) is 19.3 Å². The van der Waals surface area contributed by atoms with E-state index in [-0.39, 0.29) is 0 Å². The van der Waals surface area contributed by atoms with Crippen LogP contribution in [0.1, 0.15) is 19.3 Å². The fourth-order valence-corrected chi connectivity index (χ4v) is 2.32. The first-order valence-corrected chi connectivity index (χ1v) is 4.28. The molecule has 1 nitrogen and oxygen atoms in total. The number of rotatable bonds is 1. The number of nitrogens with two attached hydrogens (primary N) is 1. The summed E-state index contributed by atoms with van der Waals surface area (Å²) in [6, 6.07) is 0. The maximum absolute atomic E-state index is 5.66. The zero-order chi connectivity index (χ0) is 6.97. The van der Waals surface area contributed by atoms with Crippen molar-refractivity contribution in [2.45, 2.75) is 19.3 Å². The Balaban J connectivity index is 2.11. The summed E-state index contributed by atoms with van der Waals surface area (Å²) in [6.45, 7) is 0.894. The van der Waals surface area contributed by atoms with Crippen molar-refractivity contribution in [1.82, 2.24) is 0 Å². The van der Waals surface area contributed by atoms with E-state index < -0.39 is 0 Å². The zero-order valence-corrected chi connectivity index (χ0v) is 6.29. The van der Waals surface area contributed by atoms with Gasteiger partial charge in [-0.05, 0) is 43.6 Å². The number of hydrogen-bond acceptors (Lipinski definition) is 1. The molecule has 0 spiro atoms. The minimum Gasteiger partial charge on any atom is -0.330 e. The van der Waals surface area contributed by atoms with Gasteiger partial charge in [-0.15, -0.1) is 0 Å². The summed E-state index contributed by atoms with van der Waals surface area (Å²) in [5, 5.41) is 0. The standard InChI is InChI=1S/C9H15N/c10-6-9-5-7-1-3-8(9)4-2-7/h1,3,7-9H,2,4-6,10H2/t7-,8-,9+/m0/s1. The van der Waals surface area contributed by atoms with Crippen molar-refractivity contribution in [1.29, 1.82) is 0 Å². The Bertz CT molecular complexity index is 151. The van der Waals surface area contributed by atoms with Crippen molar-refractivity contribution in [3.05, 3.63) is 12.2 Å². The van der Waals surface area contributed by atoms with Gasteiger partial charge in [0, 0.05) is 0 Å². The Hall–Kier alpha value is -0.300. The van der Waals surface area contributed by atoms with Crippen molar-refractivity contribution in [2.75, 3.05) is 6.54 Å². The lowest BCUT2D eigenvalue weighted by Crippen LogP contribution is -2.32. The van der Waals surface area contributed by atoms with Crippen molar-refractivity contribution in [3.63, 3.8) is 0 Å². The molecular formula is C9H15N. The molecule has 3 rings (SSSR count). The summed E-state index contributed by atoms with van der Waals surface area (Å²) in [6.07, 6.45) is 8.94. The highest BCUT2D eigenvalue weighted by Crippen LogP contribution is 2.39. The average molecular weight is 137 g/mol. The Kier molecular flexibility index (Phi) is 1.53. The molecule has 3 aliphatic carbocycles. The first kappa shape index (κ1) is 6.41. The number of hydrogen-bond donors (Lipinski definition) is 1. The lowest BCUT2D eigenvalue weighted by molar-refractivity contribution is 0.227. The van der Waals surface area contributed by atoms with Crippen LogP contribution in [0.25, 0.3) is 0 Å². The van der Waals surface area contributed by atoms with Gasteiger partial charge in [0.05, 0.1) is 0 Å². The van der Waals surface area contributed by atoms with Gasteiger partial charge in [-0.1, -0.05) is 12.2 Å². The van der Waals surface area contributed by atoms with Crippen LogP contribution in [-0.4, -0.2) is 6.54 Å². The van der Waals surface area contributed by atoms with E-state index in [0.29, 0.717) is 0 Å². The van der Waals surface area contributed by atoms with Gasteiger partial charge in [0.25, 0.3) is 0 Å². The lowest BCUT2D eigenvalue weighted by Gasteiger charge is -2.37. The monoisotopic (exact) mass is 137 g/mol. The van der Waals surface area contributed by atoms with Crippen LogP contribution in [0.2, 0.25) is 0 Å². The highest BCUT2D eigenvalue weighted by Gasteiger charge is 2.30. The summed E-state index contributed by atoms with van der Waals surface area (Å²) in [7, 11) is 0. The van der Waals surface area contributed by atoms with Gasteiger partial charge in [0.2, 0.25) is 0 Å². The quantitative estimate of drug-likeness (QED) is 0.545. The molecule has 2 bridgehead atoms. The molecule has 0 unspecified atom stereocenters. The summed E-state index contributed by atoms with van der Waals surface area (Å²) < 4.78 is 0. The average Bonchev–Trinajstić information content (AvgIpc) is 2.06. The molecule has 56 valence electrons. The van der Waals surface area contributed by atoms with Gasteiger partial charge in [0.1, 0.15) is 0 Å². The van der Waals surface area contributed by atoms with Crippen LogP contribution in [0.15, 0.2) is 12.2 Å². The highest BCUT2D eigenvalue weighted by atomic mass is 14.6. The maximum Gasteiger partial charge on any atom is -0.00430 e. The zero-order valence-electron chi connectivity index (χ0n) is 6.29. The van der Waals surface area contributed by atoms with Crippen LogP contribution >= 0.6 is 0 Å². The predicted octanol–water partition coefficient (Wildman–Crippen LogP) is 1.55. The predicted molar refractivity (Wildman–Crippen MR) is 42.5 cm³/mol. The van der Waals surface area contributed by atoms with Gasteiger partial charge in [-0.2, -0.15) is 0 Å². The molecule has 0 saturated heterocycles. The summed E-state index contributed by atoms with van der Waals surface area (Å²) >= 11 is 0. The molecule has 0 aromatic heterocycles. The fourth-order valence-electron chi connectivity index (χ4n) is 2.32. The van der Waals surface area contributed by atoms with Crippen LogP contribution < -0.4 is 5.73 Å². The van der Waals surface area contributed by atoms with E-state index in [9.17, 15) is 0 Å².